The highest BCUT2D eigenvalue weighted by atomic mass is 35.5. The Balaban J connectivity index is 1.31. The molecular formula is C22H31ClN4O3S2. The molecule has 0 radical (unpaired) electrons. The first-order valence-corrected chi connectivity index (χ1v) is 13.9. The second-order valence-electron chi connectivity index (χ2n) is 8.08. The van der Waals surface area contributed by atoms with Crippen LogP contribution in [0.3, 0.4) is 0 Å². The number of benzene rings is 1. The van der Waals surface area contributed by atoms with Crippen molar-refractivity contribution in [1.82, 2.24) is 15.6 Å². The van der Waals surface area contributed by atoms with Gasteiger partial charge in [0, 0.05) is 23.0 Å². The van der Waals surface area contributed by atoms with Crippen molar-refractivity contribution in [1.29, 1.82) is 0 Å². The Hall–Kier alpha value is -1.68. The van der Waals surface area contributed by atoms with Gasteiger partial charge in [-0.15, -0.1) is 11.3 Å². The summed E-state index contributed by atoms with van der Waals surface area (Å²) in [5.41, 5.74) is 0.540. The van der Waals surface area contributed by atoms with Crippen LogP contribution in [0.2, 0.25) is 5.02 Å². The minimum absolute atomic E-state index is 0.102. The average Bonchev–Trinajstić information content (AvgIpc) is 3.20. The summed E-state index contributed by atoms with van der Waals surface area (Å²) in [6.07, 6.45) is 9.94. The zero-order valence-electron chi connectivity index (χ0n) is 18.1. The molecule has 1 aromatic carbocycles. The smallest absolute Gasteiger partial charge is 0.263 e. The van der Waals surface area contributed by atoms with Gasteiger partial charge in [-0.25, -0.2) is 13.4 Å². The van der Waals surface area contributed by atoms with Crippen molar-refractivity contribution in [3.63, 3.8) is 0 Å². The van der Waals surface area contributed by atoms with Crippen molar-refractivity contribution in [2.45, 2.75) is 68.7 Å². The van der Waals surface area contributed by atoms with Gasteiger partial charge in [-0.1, -0.05) is 37.3 Å². The van der Waals surface area contributed by atoms with Crippen LogP contribution in [0, 0.1) is 0 Å². The molecule has 1 heterocycles. The molecule has 2 aromatic rings. The summed E-state index contributed by atoms with van der Waals surface area (Å²) in [6, 6.07) is 6.58. The molecule has 0 spiro atoms. The van der Waals surface area contributed by atoms with E-state index in [1.165, 1.54) is 56.4 Å². The number of hydrogen-bond donors (Lipinski definition) is 3. The summed E-state index contributed by atoms with van der Waals surface area (Å²) in [7, 11) is -3.74. The van der Waals surface area contributed by atoms with Gasteiger partial charge in [0.05, 0.1) is 17.0 Å². The first kappa shape index (κ1) is 25.0. The van der Waals surface area contributed by atoms with Gasteiger partial charge < -0.3 is 10.6 Å². The Morgan fingerprint density at radius 3 is 2.53 bits per heavy atom. The van der Waals surface area contributed by atoms with E-state index in [4.69, 9.17) is 11.6 Å². The van der Waals surface area contributed by atoms with Gasteiger partial charge in [-0.2, -0.15) is 0 Å². The first-order valence-electron chi connectivity index (χ1n) is 11.2. The lowest BCUT2D eigenvalue weighted by atomic mass is 9.95. The highest BCUT2D eigenvalue weighted by Gasteiger charge is 2.17. The summed E-state index contributed by atoms with van der Waals surface area (Å²) in [6.45, 7) is 1.69. The molecule has 0 unspecified atom stereocenters. The molecule has 1 fully saturated rings. The standard InChI is InChI=1S/C22H31ClN4O3S2/c23-17-9-11-20(12-10-17)32(29,30)27-22-26-19(16-31-22)15-21(28)25-14-6-2-5-13-24-18-7-3-1-4-8-18/h9-12,16,18,24H,1-8,13-15H2,(H,25,28)(H,26,27). The number of anilines is 1. The minimum atomic E-state index is -3.74. The average molecular weight is 499 g/mol. The lowest BCUT2D eigenvalue weighted by Crippen LogP contribution is -2.31. The van der Waals surface area contributed by atoms with E-state index >= 15 is 0 Å². The Kier molecular flexibility index (Phi) is 9.77. The number of rotatable bonds is 12. The third-order valence-corrected chi connectivity index (χ3v) is 8.00. The van der Waals surface area contributed by atoms with Crippen LogP contribution in [0.4, 0.5) is 5.13 Å². The highest BCUT2D eigenvalue weighted by molar-refractivity contribution is 7.93. The highest BCUT2D eigenvalue weighted by Crippen LogP contribution is 2.21. The second-order valence-corrected chi connectivity index (χ2v) is 11.1. The number of aromatic nitrogens is 1. The van der Waals surface area contributed by atoms with Gasteiger partial charge in [-0.3, -0.25) is 9.52 Å². The summed E-state index contributed by atoms with van der Waals surface area (Å²) in [4.78, 5) is 16.5. The number of carbonyl (C=O) groups excluding carboxylic acids is 1. The van der Waals surface area contributed by atoms with Crippen LogP contribution < -0.4 is 15.4 Å². The van der Waals surface area contributed by atoms with E-state index in [1.54, 1.807) is 5.38 Å². The summed E-state index contributed by atoms with van der Waals surface area (Å²) in [5.74, 6) is -0.109. The number of unbranched alkanes of at least 4 members (excludes halogenated alkanes) is 2. The molecule has 0 bridgehead atoms. The molecule has 1 amide bonds. The van der Waals surface area contributed by atoms with Crippen LogP contribution in [0.5, 0.6) is 0 Å². The van der Waals surface area contributed by atoms with Crippen molar-refractivity contribution in [2.75, 3.05) is 17.8 Å². The van der Waals surface area contributed by atoms with E-state index in [-0.39, 0.29) is 22.4 Å². The number of sulfonamides is 1. The van der Waals surface area contributed by atoms with Crippen LogP contribution in [0.25, 0.3) is 0 Å². The summed E-state index contributed by atoms with van der Waals surface area (Å²) >= 11 is 6.96. The molecule has 0 atom stereocenters. The minimum Gasteiger partial charge on any atom is -0.356 e. The zero-order chi connectivity index (χ0) is 22.8. The summed E-state index contributed by atoms with van der Waals surface area (Å²) < 4.78 is 27.3. The third kappa shape index (κ3) is 8.35. The molecular weight excluding hydrogens is 468 g/mol. The first-order chi connectivity index (χ1) is 15.4. The van der Waals surface area contributed by atoms with Crippen LogP contribution in [0.1, 0.15) is 57.1 Å². The van der Waals surface area contributed by atoms with E-state index in [2.05, 4.69) is 20.3 Å². The molecule has 0 aliphatic heterocycles. The van der Waals surface area contributed by atoms with E-state index < -0.39 is 10.0 Å². The Morgan fingerprint density at radius 2 is 1.78 bits per heavy atom. The van der Waals surface area contributed by atoms with Crippen LogP contribution in [-0.2, 0) is 21.2 Å². The maximum atomic E-state index is 12.4. The molecule has 1 saturated carbocycles. The number of halogens is 1. The van der Waals surface area contributed by atoms with Crippen LogP contribution >= 0.6 is 22.9 Å². The topological polar surface area (TPSA) is 100 Å². The number of amides is 1. The van der Waals surface area contributed by atoms with Gasteiger partial charge in [-0.05, 0) is 56.5 Å². The van der Waals surface area contributed by atoms with Gasteiger partial charge in [0.2, 0.25) is 5.91 Å². The number of nitrogens with zero attached hydrogens (tertiary/aromatic N) is 1. The Labute approximate surface area is 199 Å². The Morgan fingerprint density at radius 1 is 1.06 bits per heavy atom. The number of carbonyl (C=O) groups is 1. The number of thiazole rings is 1. The number of nitrogens with one attached hydrogen (secondary N) is 3. The van der Waals surface area contributed by atoms with Gasteiger partial charge in [0.1, 0.15) is 0 Å². The molecule has 3 N–H and O–H groups in total. The van der Waals surface area contributed by atoms with Crippen molar-refractivity contribution >= 4 is 44.0 Å². The van der Waals surface area contributed by atoms with Crippen molar-refractivity contribution in [3.05, 3.63) is 40.4 Å². The zero-order valence-corrected chi connectivity index (χ0v) is 20.5. The normalized spacial score (nSPS) is 14.9. The molecule has 1 aromatic heterocycles. The van der Waals surface area contributed by atoms with Crippen molar-refractivity contribution in [3.8, 4) is 0 Å². The van der Waals surface area contributed by atoms with E-state index in [0.717, 1.165) is 37.1 Å². The quantitative estimate of drug-likeness (QED) is 0.378. The molecule has 176 valence electrons. The van der Waals surface area contributed by atoms with Crippen LogP contribution in [0.15, 0.2) is 34.5 Å². The van der Waals surface area contributed by atoms with E-state index in [9.17, 15) is 13.2 Å². The third-order valence-electron chi connectivity index (χ3n) is 5.45. The van der Waals surface area contributed by atoms with Crippen molar-refractivity contribution < 1.29 is 13.2 Å². The van der Waals surface area contributed by atoms with Gasteiger partial charge >= 0.3 is 0 Å². The fourth-order valence-electron chi connectivity index (χ4n) is 3.72. The molecule has 32 heavy (non-hydrogen) atoms. The molecule has 3 rings (SSSR count). The van der Waals surface area contributed by atoms with E-state index in [1.807, 2.05) is 0 Å². The summed E-state index contributed by atoms with van der Waals surface area (Å²) in [5, 5.41) is 8.93. The molecule has 1 aliphatic carbocycles. The predicted molar refractivity (Wildman–Crippen MR) is 130 cm³/mol. The van der Waals surface area contributed by atoms with Gasteiger partial charge in [0.25, 0.3) is 10.0 Å². The Bertz CT molecular complexity index is 958. The molecule has 10 heteroatoms. The molecule has 1 aliphatic rings. The van der Waals surface area contributed by atoms with Gasteiger partial charge in [0.15, 0.2) is 5.13 Å². The lowest BCUT2D eigenvalue weighted by molar-refractivity contribution is -0.120. The van der Waals surface area contributed by atoms with E-state index in [0.29, 0.717) is 23.3 Å². The fraction of sp³-hybridized carbons (Fsp3) is 0.545. The fourth-order valence-corrected chi connectivity index (χ4v) is 5.81. The second kappa shape index (κ2) is 12.5. The van der Waals surface area contributed by atoms with Crippen LogP contribution in [-0.4, -0.2) is 38.4 Å². The predicted octanol–water partition coefficient (Wildman–Crippen LogP) is 4.35. The molecule has 0 saturated heterocycles. The maximum Gasteiger partial charge on any atom is 0.263 e. The molecule has 7 nitrogen and oxygen atoms in total. The monoisotopic (exact) mass is 498 g/mol. The number of hydrogen-bond acceptors (Lipinski definition) is 6. The largest absolute Gasteiger partial charge is 0.356 e. The van der Waals surface area contributed by atoms with Crippen molar-refractivity contribution in [2.24, 2.45) is 0 Å². The lowest BCUT2D eigenvalue weighted by Gasteiger charge is -2.22. The maximum absolute atomic E-state index is 12.4. The SMILES string of the molecule is O=C(Cc1csc(NS(=O)(=O)c2ccc(Cl)cc2)n1)NCCCCCNC1CCCCC1.